The summed E-state index contributed by atoms with van der Waals surface area (Å²) in [6.45, 7) is 1.38. The lowest BCUT2D eigenvalue weighted by Crippen LogP contribution is -2.20. The Kier molecular flexibility index (Phi) is 6.06. The molecule has 0 aliphatic rings. The Morgan fingerprint density at radius 1 is 1.73 bits per heavy atom. The van der Waals surface area contributed by atoms with Gasteiger partial charge in [-0.2, -0.15) is 4.89 Å². The highest BCUT2D eigenvalue weighted by Crippen LogP contribution is 2.13. The van der Waals surface area contributed by atoms with Crippen LogP contribution in [0.5, 0.6) is 0 Å². The fourth-order valence-corrected chi connectivity index (χ4v) is 1.12. The van der Waals surface area contributed by atoms with E-state index in [0.717, 1.165) is 13.0 Å². The summed E-state index contributed by atoms with van der Waals surface area (Å²) >= 11 is 0. The Hall–Kier alpha value is -0.420. The van der Waals surface area contributed by atoms with Crippen LogP contribution in [0.15, 0.2) is 0 Å². The summed E-state index contributed by atoms with van der Waals surface area (Å²) in [5.41, 5.74) is 0. The smallest absolute Gasteiger partial charge is 0.295 e. The van der Waals surface area contributed by atoms with Crippen molar-refractivity contribution in [1.82, 2.24) is 4.90 Å². The molecule has 1 atom stereocenters. The summed E-state index contributed by atoms with van der Waals surface area (Å²) in [7, 11) is -0.0756. The number of rotatable bonds is 5. The number of hydrogen-bond acceptors (Lipinski definition) is 2. The highest BCUT2D eigenvalue weighted by Gasteiger charge is 2.08. The second-order valence-corrected chi connectivity index (χ2v) is 3.52. The monoisotopic (exact) mass is 174 g/mol. The van der Waals surface area contributed by atoms with E-state index in [2.05, 4.69) is 5.92 Å². The van der Waals surface area contributed by atoms with Gasteiger partial charge in [0.25, 0.3) is 0 Å². The first kappa shape index (κ1) is 10.6. The third-order valence-corrected chi connectivity index (χ3v) is 1.95. The van der Waals surface area contributed by atoms with Gasteiger partial charge < -0.3 is 0 Å². The zero-order valence-corrected chi connectivity index (χ0v) is 7.55. The first-order chi connectivity index (χ1) is 5.16. The van der Waals surface area contributed by atoms with Crippen LogP contribution < -0.4 is 0 Å². The average Bonchev–Trinajstić information content (AvgIpc) is 1.87. The van der Waals surface area contributed by atoms with Crippen LogP contribution in [-0.4, -0.2) is 36.1 Å². The van der Waals surface area contributed by atoms with Crippen molar-refractivity contribution >= 4 is 8.03 Å². The predicted molar refractivity (Wildman–Crippen MR) is 45.6 cm³/mol. The molecule has 0 rings (SSSR count). The fraction of sp³-hybridized carbons (Fsp3) is 0.714. The molecule has 0 aliphatic carbocycles. The SMILES string of the molecule is C#CCN(C)CCC[P+](=O)O. The summed E-state index contributed by atoms with van der Waals surface area (Å²) in [5, 5.41) is 0. The van der Waals surface area contributed by atoms with Crippen molar-refractivity contribution in [3.05, 3.63) is 0 Å². The van der Waals surface area contributed by atoms with E-state index in [-0.39, 0.29) is 0 Å². The Balaban J connectivity index is 3.25. The third-order valence-electron chi connectivity index (χ3n) is 1.25. The Morgan fingerprint density at radius 2 is 2.36 bits per heavy atom. The normalized spacial score (nSPS) is 11.3. The van der Waals surface area contributed by atoms with Gasteiger partial charge in [0.1, 0.15) is 0 Å². The Labute approximate surface area is 68.3 Å². The zero-order valence-electron chi connectivity index (χ0n) is 6.66. The van der Waals surface area contributed by atoms with Crippen molar-refractivity contribution in [2.75, 3.05) is 26.3 Å². The van der Waals surface area contributed by atoms with E-state index >= 15 is 0 Å². The zero-order chi connectivity index (χ0) is 8.69. The molecule has 0 aromatic heterocycles. The summed E-state index contributed by atoms with van der Waals surface area (Å²) < 4.78 is 10.2. The molecule has 4 heteroatoms. The second-order valence-electron chi connectivity index (χ2n) is 2.37. The maximum Gasteiger partial charge on any atom is 0.505 e. The van der Waals surface area contributed by atoms with E-state index in [1.165, 1.54) is 0 Å². The van der Waals surface area contributed by atoms with E-state index in [1.54, 1.807) is 0 Å². The Morgan fingerprint density at radius 3 is 2.82 bits per heavy atom. The lowest BCUT2D eigenvalue weighted by Gasteiger charge is -2.09. The van der Waals surface area contributed by atoms with Crippen molar-refractivity contribution in [3.63, 3.8) is 0 Å². The molecule has 0 amide bonds. The maximum atomic E-state index is 10.2. The fourth-order valence-electron chi connectivity index (χ4n) is 0.711. The molecule has 3 nitrogen and oxygen atoms in total. The van der Waals surface area contributed by atoms with Crippen molar-refractivity contribution in [1.29, 1.82) is 0 Å². The highest BCUT2D eigenvalue weighted by atomic mass is 31.1. The van der Waals surface area contributed by atoms with Gasteiger partial charge in [-0.3, -0.25) is 4.90 Å². The topological polar surface area (TPSA) is 40.5 Å². The lowest BCUT2D eigenvalue weighted by atomic mass is 10.4. The predicted octanol–water partition coefficient (Wildman–Crippen LogP) is 0.676. The van der Waals surface area contributed by atoms with Gasteiger partial charge in [0.05, 0.1) is 6.54 Å². The van der Waals surface area contributed by atoms with Crippen LogP contribution in [0.2, 0.25) is 0 Å². The van der Waals surface area contributed by atoms with Crippen LogP contribution in [0.4, 0.5) is 0 Å². The first-order valence-corrected chi connectivity index (χ1v) is 4.82. The van der Waals surface area contributed by atoms with Crippen LogP contribution >= 0.6 is 8.03 Å². The minimum Gasteiger partial charge on any atom is -0.295 e. The van der Waals surface area contributed by atoms with Crippen LogP contribution in [0, 0.1) is 12.3 Å². The Bertz CT molecular complexity index is 164. The van der Waals surface area contributed by atoms with Crippen molar-refractivity contribution in [2.24, 2.45) is 0 Å². The van der Waals surface area contributed by atoms with E-state index in [1.807, 2.05) is 11.9 Å². The molecule has 11 heavy (non-hydrogen) atoms. The van der Waals surface area contributed by atoms with Gasteiger partial charge in [-0.25, -0.2) is 0 Å². The lowest BCUT2D eigenvalue weighted by molar-refractivity contribution is 0.375. The van der Waals surface area contributed by atoms with Crippen molar-refractivity contribution < 1.29 is 9.46 Å². The average molecular weight is 174 g/mol. The molecule has 0 spiro atoms. The number of nitrogens with zero attached hydrogens (tertiary/aromatic N) is 1. The molecule has 0 saturated carbocycles. The van der Waals surface area contributed by atoms with Crippen LogP contribution in [-0.2, 0) is 4.57 Å². The molecule has 0 aromatic carbocycles. The molecule has 0 aliphatic heterocycles. The number of terminal acetylenes is 1. The minimum atomic E-state index is -1.97. The second kappa shape index (κ2) is 6.30. The largest absolute Gasteiger partial charge is 0.505 e. The molecule has 0 heterocycles. The van der Waals surface area contributed by atoms with Gasteiger partial charge in [-0.15, -0.1) is 6.42 Å². The molecule has 62 valence electrons. The van der Waals surface area contributed by atoms with E-state index in [4.69, 9.17) is 11.3 Å². The maximum absolute atomic E-state index is 10.2. The molecule has 1 unspecified atom stereocenters. The standard InChI is InChI=1S/C7H12NO2P/c1-3-5-8(2)6-4-7-11(9)10/h1H,4-7H2,2H3/p+1. The van der Waals surface area contributed by atoms with Gasteiger partial charge in [-0.05, 0) is 11.6 Å². The highest BCUT2D eigenvalue weighted by molar-refractivity contribution is 7.37. The van der Waals surface area contributed by atoms with Crippen LogP contribution in [0.1, 0.15) is 6.42 Å². The summed E-state index contributed by atoms with van der Waals surface area (Å²) in [5.74, 6) is 2.50. The molecule has 0 bridgehead atoms. The third kappa shape index (κ3) is 7.48. The molecule has 0 fully saturated rings. The molecule has 0 aromatic rings. The number of hydrogen-bond donors (Lipinski definition) is 1. The summed E-state index contributed by atoms with van der Waals surface area (Å²) in [4.78, 5) is 10.4. The molecule has 1 N–H and O–H groups in total. The van der Waals surface area contributed by atoms with Crippen molar-refractivity contribution in [2.45, 2.75) is 6.42 Å². The quantitative estimate of drug-likeness (QED) is 0.492. The van der Waals surface area contributed by atoms with E-state index in [0.29, 0.717) is 12.7 Å². The molecular weight excluding hydrogens is 161 g/mol. The van der Waals surface area contributed by atoms with E-state index in [9.17, 15) is 4.57 Å². The summed E-state index contributed by atoms with van der Waals surface area (Å²) in [6.07, 6.45) is 6.15. The van der Waals surface area contributed by atoms with Crippen LogP contribution in [0.25, 0.3) is 0 Å². The molecular formula is C7H13NO2P+. The van der Waals surface area contributed by atoms with Gasteiger partial charge in [0, 0.05) is 13.0 Å². The van der Waals surface area contributed by atoms with E-state index < -0.39 is 8.03 Å². The van der Waals surface area contributed by atoms with Gasteiger partial charge >= 0.3 is 8.03 Å². The van der Waals surface area contributed by atoms with Gasteiger partial charge in [0.15, 0.2) is 6.16 Å². The summed E-state index contributed by atoms with van der Waals surface area (Å²) in [6, 6.07) is 0. The first-order valence-electron chi connectivity index (χ1n) is 3.42. The van der Waals surface area contributed by atoms with Crippen molar-refractivity contribution in [3.8, 4) is 12.3 Å². The molecule has 0 radical (unpaired) electrons. The minimum absolute atomic E-state index is 0.365. The van der Waals surface area contributed by atoms with Gasteiger partial charge in [0.2, 0.25) is 0 Å². The van der Waals surface area contributed by atoms with Gasteiger partial charge in [-0.1, -0.05) is 5.92 Å². The molecule has 0 saturated heterocycles. The van der Waals surface area contributed by atoms with Crippen LogP contribution in [0.3, 0.4) is 0 Å².